The Bertz CT molecular complexity index is 760. The number of nitrogens with zero attached hydrogens (tertiary/aromatic N) is 1. The molecule has 0 radical (unpaired) electrons. The molecule has 22 heavy (non-hydrogen) atoms. The van der Waals surface area contributed by atoms with E-state index in [1.807, 2.05) is 0 Å². The van der Waals surface area contributed by atoms with Gasteiger partial charge in [0.25, 0.3) is 5.69 Å². The minimum atomic E-state index is -0.497. The van der Waals surface area contributed by atoms with Gasteiger partial charge >= 0.3 is 0 Å². The molecule has 1 amide bonds. The summed E-state index contributed by atoms with van der Waals surface area (Å²) < 4.78 is 0. The molecule has 0 aliphatic heterocycles. The Morgan fingerprint density at radius 1 is 1.18 bits per heavy atom. The van der Waals surface area contributed by atoms with Gasteiger partial charge in [-0.05, 0) is 23.8 Å². The number of hydrogen-bond acceptors (Lipinski definition) is 3. The van der Waals surface area contributed by atoms with Gasteiger partial charge in [-0.1, -0.05) is 41.4 Å². The van der Waals surface area contributed by atoms with Gasteiger partial charge in [-0.3, -0.25) is 14.9 Å². The molecule has 0 heterocycles. The molecular weight excluding hydrogens is 327 g/mol. The summed E-state index contributed by atoms with van der Waals surface area (Å²) in [5.74, 6) is -0.421. The van der Waals surface area contributed by atoms with Crippen molar-refractivity contribution in [3.05, 3.63) is 74.3 Å². The average Bonchev–Trinajstić information content (AvgIpc) is 2.50. The monoisotopic (exact) mass is 336 g/mol. The average molecular weight is 337 g/mol. The molecule has 0 aliphatic carbocycles. The summed E-state index contributed by atoms with van der Waals surface area (Å²) in [6.45, 7) is 0. The summed E-state index contributed by atoms with van der Waals surface area (Å²) in [6, 6.07) is 10.8. The molecule has 0 aromatic heterocycles. The van der Waals surface area contributed by atoms with Crippen molar-refractivity contribution in [2.24, 2.45) is 0 Å². The minimum absolute atomic E-state index is 0.0413. The van der Waals surface area contributed by atoms with Crippen LogP contribution in [0.4, 0.5) is 11.4 Å². The van der Waals surface area contributed by atoms with Gasteiger partial charge in [-0.25, -0.2) is 0 Å². The Balaban J connectivity index is 2.10. The van der Waals surface area contributed by atoms with Gasteiger partial charge in [0, 0.05) is 18.2 Å². The fraction of sp³-hybridized carbons (Fsp3) is 0. The molecule has 0 atom stereocenters. The van der Waals surface area contributed by atoms with E-state index < -0.39 is 10.8 Å². The number of amides is 1. The number of halogens is 2. The highest BCUT2D eigenvalue weighted by atomic mass is 35.5. The lowest BCUT2D eigenvalue weighted by Crippen LogP contribution is -2.08. The lowest BCUT2D eigenvalue weighted by atomic mass is 10.2. The summed E-state index contributed by atoms with van der Waals surface area (Å²) in [5.41, 5.74) is 0.893. The van der Waals surface area contributed by atoms with Gasteiger partial charge < -0.3 is 5.32 Å². The summed E-state index contributed by atoms with van der Waals surface area (Å²) in [5, 5.41) is 13.8. The van der Waals surface area contributed by atoms with Gasteiger partial charge in [-0.15, -0.1) is 0 Å². The number of nitro benzene ring substituents is 1. The lowest BCUT2D eigenvalue weighted by molar-refractivity contribution is -0.384. The molecule has 1 N–H and O–H groups in total. The van der Waals surface area contributed by atoms with Crippen LogP contribution < -0.4 is 5.32 Å². The molecular formula is C15H10Cl2N2O3. The summed E-state index contributed by atoms with van der Waals surface area (Å²) in [4.78, 5) is 22.0. The van der Waals surface area contributed by atoms with E-state index in [0.717, 1.165) is 0 Å². The first-order valence-corrected chi connectivity index (χ1v) is 6.90. The Kier molecular flexibility index (Phi) is 5.14. The maximum absolute atomic E-state index is 11.8. The van der Waals surface area contributed by atoms with Crippen LogP contribution in [0.1, 0.15) is 5.56 Å². The number of nitro groups is 1. The van der Waals surface area contributed by atoms with Gasteiger partial charge in [0.1, 0.15) is 0 Å². The molecule has 5 nitrogen and oxygen atoms in total. The molecule has 0 fully saturated rings. The molecule has 0 spiro atoms. The number of carbonyl (C=O) groups is 1. The zero-order valence-electron chi connectivity index (χ0n) is 11.1. The zero-order valence-corrected chi connectivity index (χ0v) is 12.6. The van der Waals surface area contributed by atoms with E-state index in [4.69, 9.17) is 23.2 Å². The first-order chi connectivity index (χ1) is 10.5. The molecule has 7 heteroatoms. The van der Waals surface area contributed by atoms with Crippen molar-refractivity contribution in [2.75, 3.05) is 5.32 Å². The highest BCUT2D eigenvalue weighted by Crippen LogP contribution is 2.29. The predicted octanol–water partition coefficient (Wildman–Crippen LogP) is 4.55. The molecule has 2 rings (SSSR count). The van der Waals surface area contributed by atoms with Gasteiger partial charge in [-0.2, -0.15) is 0 Å². The van der Waals surface area contributed by atoms with Crippen molar-refractivity contribution in [3.8, 4) is 0 Å². The van der Waals surface area contributed by atoms with Crippen LogP contribution in [0, 0.1) is 10.1 Å². The second-order valence-electron chi connectivity index (χ2n) is 4.28. The van der Waals surface area contributed by atoms with Crippen LogP contribution in [0.3, 0.4) is 0 Å². The predicted molar refractivity (Wildman–Crippen MR) is 87.2 cm³/mol. The second kappa shape index (κ2) is 7.06. The van der Waals surface area contributed by atoms with E-state index in [2.05, 4.69) is 5.32 Å². The van der Waals surface area contributed by atoms with Crippen molar-refractivity contribution in [3.63, 3.8) is 0 Å². The summed E-state index contributed by atoms with van der Waals surface area (Å²) in [7, 11) is 0. The fourth-order valence-electron chi connectivity index (χ4n) is 1.69. The van der Waals surface area contributed by atoms with E-state index in [1.165, 1.54) is 24.3 Å². The SMILES string of the molecule is O=C(/C=C\c1cccc([N+](=O)[O-])c1)Nc1cccc(Cl)c1Cl. The Hall–Kier alpha value is -2.37. The standard InChI is InChI=1S/C15H10Cl2N2O3/c16-12-5-2-6-13(15(12)17)18-14(20)8-7-10-3-1-4-11(9-10)19(21)22/h1-9H,(H,18,20)/b8-7-. The number of rotatable bonds is 4. The van der Waals surface area contributed by atoms with E-state index in [9.17, 15) is 14.9 Å². The molecule has 2 aromatic rings. The largest absolute Gasteiger partial charge is 0.321 e. The normalized spacial score (nSPS) is 10.6. The topological polar surface area (TPSA) is 72.2 Å². The van der Waals surface area contributed by atoms with Crippen LogP contribution in [0.5, 0.6) is 0 Å². The van der Waals surface area contributed by atoms with E-state index >= 15 is 0 Å². The third-order valence-electron chi connectivity index (χ3n) is 2.72. The summed E-state index contributed by atoms with van der Waals surface area (Å²) >= 11 is 11.8. The van der Waals surface area contributed by atoms with Gasteiger partial charge in [0.05, 0.1) is 20.7 Å². The Labute approximate surface area is 136 Å². The van der Waals surface area contributed by atoms with Crippen molar-refractivity contribution < 1.29 is 9.72 Å². The number of hydrogen-bond donors (Lipinski definition) is 1. The molecule has 0 saturated heterocycles. The van der Waals surface area contributed by atoms with Crippen LogP contribution in [0.15, 0.2) is 48.5 Å². The van der Waals surface area contributed by atoms with Crippen LogP contribution in [-0.2, 0) is 4.79 Å². The van der Waals surface area contributed by atoms with Crippen LogP contribution in [0.25, 0.3) is 6.08 Å². The molecule has 112 valence electrons. The maximum Gasteiger partial charge on any atom is 0.270 e. The molecule has 0 unspecified atom stereocenters. The van der Waals surface area contributed by atoms with E-state index in [-0.39, 0.29) is 10.7 Å². The lowest BCUT2D eigenvalue weighted by Gasteiger charge is -2.05. The smallest absolute Gasteiger partial charge is 0.270 e. The highest BCUT2D eigenvalue weighted by Gasteiger charge is 2.07. The molecule has 0 saturated carbocycles. The third-order valence-corrected chi connectivity index (χ3v) is 3.54. The third kappa shape index (κ3) is 4.07. The number of nitrogens with one attached hydrogen (secondary N) is 1. The Morgan fingerprint density at radius 2 is 1.91 bits per heavy atom. The first-order valence-electron chi connectivity index (χ1n) is 6.15. The first kappa shape index (κ1) is 16.0. The van der Waals surface area contributed by atoms with Crippen LogP contribution in [0.2, 0.25) is 10.0 Å². The van der Waals surface area contributed by atoms with Crippen molar-refractivity contribution in [1.82, 2.24) is 0 Å². The van der Waals surface area contributed by atoms with Gasteiger partial charge in [0.2, 0.25) is 5.91 Å². The van der Waals surface area contributed by atoms with Gasteiger partial charge in [0.15, 0.2) is 0 Å². The molecule has 0 aliphatic rings. The highest BCUT2D eigenvalue weighted by molar-refractivity contribution is 6.44. The maximum atomic E-state index is 11.8. The Morgan fingerprint density at radius 3 is 2.64 bits per heavy atom. The molecule has 0 bridgehead atoms. The van der Waals surface area contributed by atoms with E-state index in [0.29, 0.717) is 16.3 Å². The van der Waals surface area contributed by atoms with E-state index in [1.54, 1.807) is 30.3 Å². The van der Waals surface area contributed by atoms with Crippen molar-refractivity contribution in [2.45, 2.75) is 0 Å². The number of non-ortho nitro benzene ring substituents is 1. The fourth-order valence-corrected chi connectivity index (χ4v) is 2.04. The second-order valence-corrected chi connectivity index (χ2v) is 5.06. The molecule has 2 aromatic carbocycles. The van der Waals surface area contributed by atoms with Crippen molar-refractivity contribution >= 4 is 46.6 Å². The number of benzene rings is 2. The van der Waals surface area contributed by atoms with Crippen LogP contribution in [-0.4, -0.2) is 10.8 Å². The minimum Gasteiger partial charge on any atom is -0.321 e. The van der Waals surface area contributed by atoms with Crippen molar-refractivity contribution in [1.29, 1.82) is 0 Å². The summed E-state index contributed by atoms with van der Waals surface area (Å²) in [6.07, 6.45) is 2.73. The quantitative estimate of drug-likeness (QED) is 0.505. The number of carbonyl (C=O) groups excluding carboxylic acids is 1. The zero-order chi connectivity index (χ0) is 16.1. The number of anilines is 1. The van der Waals surface area contributed by atoms with Crippen LogP contribution >= 0.6 is 23.2 Å².